The summed E-state index contributed by atoms with van der Waals surface area (Å²) in [5.41, 5.74) is 4.12. The first kappa shape index (κ1) is 27.0. The molecule has 1 fully saturated rings. The first-order valence-corrected chi connectivity index (χ1v) is 13.2. The Labute approximate surface area is 226 Å². The topological polar surface area (TPSA) is 89.4 Å². The number of hydrogen-bond donors (Lipinski definition) is 3. The first-order chi connectivity index (χ1) is 18.9. The Morgan fingerprint density at radius 1 is 1.21 bits per heavy atom. The Bertz CT molecular complexity index is 1340. The van der Waals surface area contributed by atoms with Crippen LogP contribution in [0.5, 0.6) is 0 Å². The predicted octanol–water partition coefficient (Wildman–Crippen LogP) is 4.89. The number of nitrogens with one attached hydrogen (secondary N) is 3. The van der Waals surface area contributed by atoms with Crippen LogP contribution >= 0.6 is 0 Å². The number of amides is 2. The number of methoxy groups -OCH3 is 1. The van der Waals surface area contributed by atoms with E-state index in [0.29, 0.717) is 30.8 Å². The lowest BCUT2D eigenvalue weighted by Crippen LogP contribution is -2.40. The van der Waals surface area contributed by atoms with Gasteiger partial charge >= 0.3 is 6.03 Å². The molecule has 3 aromatic rings. The Hall–Kier alpha value is -3.60. The van der Waals surface area contributed by atoms with Crippen molar-refractivity contribution in [1.29, 1.82) is 0 Å². The van der Waals surface area contributed by atoms with Crippen molar-refractivity contribution in [3.8, 4) is 5.69 Å². The van der Waals surface area contributed by atoms with Gasteiger partial charge in [0.25, 0.3) is 0 Å². The minimum atomic E-state index is -0.957. The number of carbonyl (C=O) groups excluding carboxylic acids is 1. The van der Waals surface area contributed by atoms with Gasteiger partial charge in [-0.3, -0.25) is 5.32 Å². The van der Waals surface area contributed by atoms with E-state index in [4.69, 9.17) is 14.6 Å². The molecule has 206 valence electrons. The summed E-state index contributed by atoms with van der Waals surface area (Å²) in [5.74, 6) is -1.33. The van der Waals surface area contributed by atoms with E-state index >= 15 is 0 Å². The summed E-state index contributed by atoms with van der Waals surface area (Å²) in [6, 6.07) is 12.4. The van der Waals surface area contributed by atoms with E-state index in [0.717, 1.165) is 54.2 Å². The zero-order valence-corrected chi connectivity index (χ0v) is 22.0. The number of carbonyl (C=O) groups is 1. The predicted molar refractivity (Wildman–Crippen MR) is 145 cm³/mol. The van der Waals surface area contributed by atoms with Crippen LogP contribution in [0.2, 0.25) is 0 Å². The minimum absolute atomic E-state index is 0.205. The van der Waals surface area contributed by atoms with E-state index < -0.39 is 29.8 Å². The molecule has 10 heteroatoms. The smallest absolute Gasteiger partial charge is 0.320 e. The molecule has 2 amide bonds. The fraction of sp³-hybridized carbons (Fsp3) is 0.379. The zero-order valence-electron chi connectivity index (χ0n) is 22.0. The van der Waals surface area contributed by atoms with E-state index in [1.54, 1.807) is 11.8 Å². The number of nitrogens with zero attached hydrogens (tertiary/aromatic N) is 2. The third-order valence-corrected chi connectivity index (χ3v) is 7.18. The van der Waals surface area contributed by atoms with E-state index in [1.807, 2.05) is 37.3 Å². The number of halogens is 2. The maximum atomic E-state index is 14.0. The highest BCUT2D eigenvalue weighted by atomic mass is 19.2. The summed E-state index contributed by atoms with van der Waals surface area (Å²) >= 11 is 0. The maximum absolute atomic E-state index is 14.0. The van der Waals surface area contributed by atoms with Gasteiger partial charge in [-0.2, -0.15) is 5.10 Å². The van der Waals surface area contributed by atoms with Gasteiger partial charge in [0.1, 0.15) is 11.9 Å². The third-order valence-electron chi connectivity index (χ3n) is 7.18. The molecule has 2 aliphatic heterocycles. The molecule has 2 aliphatic rings. The molecule has 3 heterocycles. The zero-order chi connectivity index (χ0) is 27.4. The maximum Gasteiger partial charge on any atom is 0.320 e. The van der Waals surface area contributed by atoms with E-state index in [9.17, 15) is 13.6 Å². The Kier molecular flexibility index (Phi) is 8.35. The Morgan fingerprint density at radius 2 is 2.03 bits per heavy atom. The van der Waals surface area contributed by atoms with Crippen LogP contribution in [0, 0.1) is 18.6 Å². The Morgan fingerprint density at radius 3 is 2.74 bits per heavy atom. The van der Waals surface area contributed by atoms with Gasteiger partial charge in [-0.15, -0.1) is 0 Å². The normalized spacial score (nSPS) is 21.0. The third kappa shape index (κ3) is 6.03. The van der Waals surface area contributed by atoms with Crippen molar-refractivity contribution in [2.24, 2.45) is 0 Å². The fourth-order valence-corrected chi connectivity index (χ4v) is 5.19. The fourth-order valence-electron chi connectivity index (χ4n) is 5.19. The van der Waals surface area contributed by atoms with Gasteiger partial charge in [-0.25, -0.2) is 18.3 Å². The van der Waals surface area contributed by atoms with Gasteiger partial charge < -0.3 is 20.1 Å². The molecular formula is C29H33F2N5O3. The summed E-state index contributed by atoms with van der Waals surface area (Å²) in [6.07, 6.45) is 3.25. The molecule has 0 bridgehead atoms. The molecule has 3 atom stereocenters. The highest BCUT2D eigenvalue weighted by molar-refractivity contribution is 5.90. The number of benzene rings is 2. The summed E-state index contributed by atoms with van der Waals surface area (Å²) in [7, 11) is 1.61. The highest BCUT2D eigenvalue weighted by Gasteiger charge is 2.37. The summed E-state index contributed by atoms with van der Waals surface area (Å²) in [5, 5.41) is 14.2. The molecule has 39 heavy (non-hydrogen) atoms. The number of rotatable bonds is 8. The summed E-state index contributed by atoms with van der Waals surface area (Å²) in [4.78, 5) is 13.4. The number of aromatic nitrogens is 2. The van der Waals surface area contributed by atoms with Crippen molar-refractivity contribution in [3.05, 3.63) is 83.1 Å². The Balaban J connectivity index is 1.40. The van der Waals surface area contributed by atoms with Crippen LogP contribution in [0.25, 0.3) is 11.3 Å². The average Bonchev–Trinajstić information content (AvgIpc) is 3.50. The standard InChI is InChI=1S/C29H33F2N5O3/c1-18-26(19-10-13-32-14-11-19)35-36(21-6-4-3-5-7-21)28(18)34-29(37)33-25-17-22(12-15-38-2)39-27(25)20-8-9-23(30)24(31)16-20/h3-10,16,22,25,27,32H,11-15,17H2,1-2H3,(H2,33,34,37)/t22-,25-,27+/m1/s1. The van der Waals surface area contributed by atoms with Crippen LogP contribution in [0.1, 0.15) is 42.2 Å². The van der Waals surface area contributed by atoms with Gasteiger partial charge in [0.15, 0.2) is 11.6 Å². The molecule has 3 N–H and O–H groups in total. The van der Waals surface area contributed by atoms with Gasteiger partial charge in [0.2, 0.25) is 0 Å². The lowest BCUT2D eigenvalue weighted by Gasteiger charge is -2.21. The van der Waals surface area contributed by atoms with Crippen molar-refractivity contribution in [3.63, 3.8) is 0 Å². The molecule has 0 saturated carbocycles. The van der Waals surface area contributed by atoms with Crippen molar-refractivity contribution in [2.75, 3.05) is 32.1 Å². The summed E-state index contributed by atoms with van der Waals surface area (Å²) < 4.78 is 40.7. The monoisotopic (exact) mass is 537 g/mol. The molecule has 0 aliphatic carbocycles. The molecule has 1 saturated heterocycles. The summed E-state index contributed by atoms with van der Waals surface area (Å²) in [6.45, 7) is 4.07. The molecular weight excluding hydrogens is 504 g/mol. The van der Waals surface area contributed by atoms with Gasteiger partial charge in [-0.1, -0.05) is 30.3 Å². The number of anilines is 1. The van der Waals surface area contributed by atoms with Crippen molar-refractivity contribution in [2.45, 2.75) is 44.4 Å². The van der Waals surface area contributed by atoms with Crippen LogP contribution in [0.15, 0.2) is 54.6 Å². The minimum Gasteiger partial charge on any atom is -0.385 e. The molecule has 2 aromatic carbocycles. The first-order valence-electron chi connectivity index (χ1n) is 13.2. The van der Waals surface area contributed by atoms with Crippen LogP contribution in [0.4, 0.5) is 19.4 Å². The quantitative estimate of drug-likeness (QED) is 0.381. The van der Waals surface area contributed by atoms with Crippen LogP contribution in [-0.4, -0.2) is 54.8 Å². The van der Waals surface area contributed by atoms with Gasteiger partial charge in [0, 0.05) is 25.8 Å². The number of urea groups is 1. The number of hydrogen-bond acceptors (Lipinski definition) is 5. The van der Waals surface area contributed by atoms with Gasteiger partial charge in [0.05, 0.1) is 23.5 Å². The van der Waals surface area contributed by atoms with Crippen LogP contribution in [-0.2, 0) is 9.47 Å². The molecule has 8 nitrogen and oxygen atoms in total. The second-order valence-corrected chi connectivity index (χ2v) is 9.83. The van der Waals surface area contributed by atoms with Crippen molar-refractivity contribution >= 4 is 17.4 Å². The second-order valence-electron chi connectivity index (χ2n) is 9.83. The molecule has 1 aromatic heterocycles. The lowest BCUT2D eigenvalue weighted by atomic mass is 10.00. The largest absolute Gasteiger partial charge is 0.385 e. The van der Waals surface area contributed by atoms with Crippen molar-refractivity contribution < 1.29 is 23.0 Å². The number of ether oxygens (including phenoxy) is 2. The molecule has 5 rings (SSSR count). The molecule has 0 unspecified atom stereocenters. The van der Waals surface area contributed by atoms with Gasteiger partial charge in [-0.05, 0) is 68.1 Å². The second kappa shape index (κ2) is 12.1. The lowest BCUT2D eigenvalue weighted by molar-refractivity contribution is 0.0210. The molecule has 0 spiro atoms. The number of para-hydroxylation sites is 1. The van der Waals surface area contributed by atoms with E-state index in [1.165, 1.54) is 6.07 Å². The van der Waals surface area contributed by atoms with Crippen LogP contribution < -0.4 is 16.0 Å². The molecule has 0 radical (unpaired) electrons. The van der Waals surface area contributed by atoms with E-state index in [2.05, 4.69) is 22.0 Å². The average molecular weight is 538 g/mol. The van der Waals surface area contributed by atoms with E-state index in [-0.39, 0.29) is 6.10 Å². The SMILES string of the molecule is COCC[C@@H]1C[C@@H](NC(=O)Nc2c(C)c(C3=CCNCC3)nn2-c2ccccc2)[C@H](c2ccc(F)c(F)c2)O1. The highest BCUT2D eigenvalue weighted by Crippen LogP contribution is 2.36. The van der Waals surface area contributed by atoms with Crippen LogP contribution in [0.3, 0.4) is 0 Å². The van der Waals surface area contributed by atoms with Crippen molar-refractivity contribution in [1.82, 2.24) is 20.4 Å².